The fraction of sp³-hybridized carbons (Fsp3) is 0.0556. The number of pyridine rings is 1. The van der Waals surface area contributed by atoms with E-state index in [-0.39, 0.29) is 5.82 Å². The van der Waals surface area contributed by atoms with Gasteiger partial charge in [0, 0.05) is 16.7 Å². The van der Waals surface area contributed by atoms with Crippen LogP contribution in [0.4, 0.5) is 4.39 Å². The maximum absolute atomic E-state index is 13.8. The van der Waals surface area contributed by atoms with Gasteiger partial charge in [-0.3, -0.25) is 5.10 Å². The summed E-state index contributed by atoms with van der Waals surface area (Å²) in [6, 6.07) is 16.3. The number of para-hydroxylation sites is 1. The summed E-state index contributed by atoms with van der Waals surface area (Å²) in [6.45, 7) is 0. The predicted molar refractivity (Wildman–Crippen MR) is 98.1 cm³/mol. The second-order valence-electron chi connectivity index (χ2n) is 5.37. The van der Waals surface area contributed by atoms with Crippen LogP contribution >= 0.6 is 23.4 Å². The van der Waals surface area contributed by atoms with Crippen molar-refractivity contribution < 1.29 is 4.39 Å². The lowest BCUT2D eigenvalue weighted by molar-refractivity contribution is 0.630. The number of aromatic nitrogens is 4. The minimum absolute atomic E-state index is 0.336. The number of fused-ring (bicyclic) bond motifs is 1. The van der Waals surface area contributed by atoms with Crippen molar-refractivity contribution in [3.8, 4) is 11.4 Å². The first kappa shape index (κ1) is 16.1. The topological polar surface area (TPSA) is 54.5 Å². The Labute approximate surface area is 152 Å². The summed E-state index contributed by atoms with van der Waals surface area (Å²) in [5, 5.41) is 8.94. The zero-order valence-corrected chi connectivity index (χ0v) is 14.5. The lowest BCUT2D eigenvalue weighted by Crippen LogP contribution is -1.89. The van der Waals surface area contributed by atoms with E-state index in [1.165, 1.54) is 17.8 Å². The third-order valence-corrected chi connectivity index (χ3v) is 4.92. The van der Waals surface area contributed by atoms with Crippen molar-refractivity contribution in [1.29, 1.82) is 0 Å². The number of hydrogen-bond acceptors (Lipinski definition) is 4. The summed E-state index contributed by atoms with van der Waals surface area (Å²) >= 11 is 7.69. The average molecular weight is 371 g/mol. The lowest BCUT2D eigenvalue weighted by atomic mass is 10.2. The van der Waals surface area contributed by atoms with Crippen molar-refractivity contribution >= 4 is 34.3 Å². The summed E-state index contributed by atoms with van der Waals surface area (Å²) in [5.41, 5.74) is 2.16. The van der Waals surface area contributed by atoms with E-state index >= 15 is 0 Å². The number of nitrogens with zero attached hydrogens (tertiary/aromatic N) is 3. The van der Waals surface area contributed by atoms with Crippen molar-refractivity contribution in [2.45, 2.75) is 10.9 Å². The first-order chi connectivity index (χ1) is 12.2. The van der Waals surface area contributed by atoms with E-state index in [0.717, 1.165) is 16.5 Å². The van der Waals surface area contributed by atoms with Gasteiger partial charge >= 0.3 is 0 Å². The highest BCUT2D eigenvalue weighted by Crippen LogP contribution is 2.28. The largest absolute Gasteiger partial charge is 0.258 e. The van der Waals surface area contributed by atoms with E-state index in [1.54, 1.807) is 18.2 Å². The molecule has 0 saturated heterocycles. The molecule has 4 aromatic rings. The van der Waals surface area contributed by atoms with Crippen LogP contribution < -0.4 is 0 Å². The summed E-state index contributed by atoms with van der Waals surface area (Å²) in [5.74, 6) is 0.644. The molecule has 0 aliphatic carbocycles. The van der Waals surface area contributed by atoms with Crippen LogP contribution in [0.3, 0.4) is 0 Å². The minimum atomic E-state index is -0.336. The Morgan fingerprint density at radius 3 is 2.72 bits per heavy atom. The molecule has 0 radical (unpaired) electrons. The van der Waals surface area contributed by atoms with E-state index < -0.39 is 0 Å². The Morgan fingerprint density at radius 1 is 1.04 bits per heavy atom. The molecule has 4 nitrogen and oxygen atoms in total. The zero-order valence-electron chi connectivity index (χ0n) is 12.9. The maximum atomic E-state index is 13.8. The molecule has 124 valence electrons. The van der Waals surface area contributed by atoms with Crippen LogP contribution in [0.2, 0.25) is 5.15 Å². The number of rotatable bonds is 4. The molecule has 0 bridgehead atoms. The van der Waals surface area contributed by atoms with Gasteiger partial charge in [-0.15, -0.1) is 5.10 Å². The molecule has 2 heterocycles. The molecule has 0 spiro atoms. The zero-order chi connectivity index (χ0) is 17.2. The van der Waals surface area contributed by atoms with Gasteiger partial charge in [-0.25, -0.2) is 14.4 Å². The van der Waals surface area contributed by atoms with Crippen molar-refractivity contribution in [1.82, 2.24) is 20.2 Å². The second kappa shape index (κ2) is 6.82. The van der Waals surface area contributed by atoms with E-state index in [1.807, 2.05) is 30.3 Å². The molecule has 25 heavy (non-hydrogen) atoms. The molecule has 0 fully saturated rings. The van der Waals surface area contributed by atoms with Crippen molar-refractivity contribution in [3.05, 3.63) is 71.1 Å². The highest BCUT2D eigenvalue weighted by molar-refractivity contribution is 7.98. The fourth-order valence-electron chi connectivity index (χ4n) is 2.46. The highest BCUT2D eigenvalue weighted by Gasteiger charge is 2.11. The molecule has 4 rings (SSSR count). The molecule has 1 N–H and O–H groups in total. The Hall–Kier alpha value is -2.44. The Kier molecular flexibility index (Phi) is 4.38. The van der Waals surface area contributed by atoms with Crippen molar-refractivity contribution in [2.24, 2.45) is 0 Å². The second-order valence-corrected chi connectivity index (χ2v) is 6.67. The quantitative estimate of drug-likeness (QED) is 0.401. The van der Waals surface area contributed by atoms with E-state index in [0.29, 0.717) is 27.5 Å². The summed E-state index contributed by atoms with van der Waals surface area (Å²) in [6.07, 6.45) is 0. The van der Waals surface area contributed by atoms with Gasteiger partial charge in [-0.1, -0.05) is 53.7 Å². The Morgan fingerprint density at radius 2 is 1.84 bits per heavy atom. The number of nitrogens with one attached hydrogen (secondary N) is 1. The molecule has 7 heteroatoms. The first-order valence-electron chi connectivity index (χ1n) is 7.55. The number of halogens is 2. The predicted octanol–water partition coefficient (Wildman–Crippen LogP) is 5.10. The third kappa shape index (κ3) is 3.36. The van der Waals surface area contributed by atoms with Gasteiger partial charge < -0.3 is 0 Å². The molecule has 0 unspecified atom stereocenters. The van der Waals surface area contributed by atoms with Gasteiger partial charge in [0.15, 0.2) is 5.82 Å². The third-order valence-electron chi connectivity index (χ3n) is 3.70. The van der Waals surface area contributed by atoms with Crippen LogP contribution in [0.5, 0.6) is 0 Å². The van der Waals surface area contributed by atoms with Crippen LogP contribution in [0.25, 0.3) is 22.3 Å². The molecule has 0 aliphatic rings. The van der Waals surface area contributed by atoms with Gasteiger partial charge in [0.25, 0.3) is 0 Å². The van der Waals surface area contributed by atoms with Crippen LogP contribution in [-0.2, 0) is 5.75 Å². The number of hydrogen-bond donors (Lipinski definition) is 1. The Bertz CT molecular complexity index is 1050. The molecule has 0 amide bonds. The summed E-state index contributed by atoms with van der Waals surface area (Å²) < 4.78 is 13.8. The Balaban J connectivity index is 1.54. The number of aromatic amines is 1. The van der Waals surface area contributed by atoms with Gasteiger partial charge in [-0.05, 0) is 24.3 Å². The van der Waals surface area contributed by atoms with Crippen molar-refractivity contribution in [3.63, 3.8) is 0 Å². The monoisotopic (exact) mass is 370 g/mol. The van der Waals surface area contributed by atoms with E-state index in [9.17, 15) is 4.39 Å². The van der Waals surface area contributed by atoms with Crippen molar-refractivity contribution in [2.75, 3.05) is 0 Å². The van der Waals surface area contributed by atoms with E-state index in [2.05, 4.69) is 20.2 Å². The van der Waals surface area contributed by atoms with Gasteiger partial charge in [-0.2, -0.15) is 0 Å². The highest BCUT2D eigenvalue weighted by atomic mass is 35.5. The normalized spacial score (nSPS) is 11.1. The minimum Gasteiger partial charge on any atom is -0.258 e. The molecular weight excluding hydrogens is 359 g/mol. The van der Waals surface area contributed by atoms with E-state index in [4.69, 9.17) is 11.6 Å². The molecule has 0 aliphatic heterocycles. The maximum Gasteiger partial charge on any atom is 0.209 e. The molecular formula is C18H12ClFN4S. The number of benzene rings is 2. The number of thioether (sulfide) groups is 1. The molecule has 2 aromatic heterocycles. The smallest absolute Gasteiger partial charge is 0.209 e. The van der Waals surface area contributed by atoms with Crippen LogP contribution in [0.15, 0.2) is 59.8 Å². The van der Waals surface area contributed by atoms with Gasteiger partial charge in [0.2, 0.25) is 5.16 Å². The lowest BCUT2D eigenvalue weighted by Gasteiger charge is -2.04. The van der Waals surface area contributed by atoms with Crippen LogP contribution in [-0.4, -0.2) is 20.2 Å². The van der Waals surface area contributed by atoms with Gasteiger partial charge in [0.05, 0.1) is 11.1 Å². The average Bonchev–Trinajstić information content (AvgIpc) is 3.09. The standard InChI is InChI=1S/C18H12ClFN4S/c19-16-12(9-11-5-1-4-8-15(11)21-16)10-25-18-22-17(23-24-18)13-6-2-3-7-14(13)20/h1-9H,10H2,(H,22,23,24). The summed E-state index contributed by atoms with van der Waals surface area (Å²) in [7, 11) is 0. The SMILES string of the molecule is Fc1ccccc1-c1nc(SCc2cc3ccccc3nc2Cl)n[nH]1. The van der Waals surface area contributed by atoms with Crippen LogP contribution in [0.1, 0.15) is 5.56 Å². The number of H-pyrrole nitrogens is 1. The first-order valence-corrected chi connectivity index (χ1v) is 8.91. The molecule has 0 atom stereocenters. The van der Waals surface area contributed by atoms with Crippen LogP contribution in [0, 0.1) is 5.82 Å². The fourth-order valence-corrected chi connectivity index (χ4v) is 3.53. The van der Waals surface area contributed by atoms with Gasteiger partial charge in [0.1, 0.15) is 11.0 Å². The molecule has 2 aromatic carbocycles. The molecule has 0 saturated carbocycles. The summed E-state index contributed by atoms with van der Waals surface area (Å²) in [4.78, 5) is 8.75.